The van der Waals surface area contributed by atoms with Crippen molar-refractivity contribution in [2.45, 2.75) is 32.9 Å². The van der Waals surface area contributed by atoms with Crippen molar-refractivity contribution in [3.8, 4) is 0 Å². The van der Waals surface area contributed by atoms with E-state index in [-0.39, 0.29) is 18.1 Å². The van der Waals surface area contributed by atoms with Crippen LogP contribution in [0.3, 0.4) is 0 Å². The zero-order valence-electron chi connectivity index (χ0n) is 12.2. The minimum atomic E-state index is -0.284. The molecule has 2 aromatic heterocycles. The van der Waals surface area contributed by atoms with Crippen molar-refractivity contribution in [2.24, 2.45) is 0 Å². The molecule has 1 aliphatic heterocycles. The number of allylic oxidation sites excluding steroid dienone is 1. The second-order valence-electron chi connectivity index (χ2n) is 5.19. The Morgan fingerprint density at radius 2 is 2.33 bits per heavy atom. The van der Waals surface area contributed by atoms with Crippen LogP contribution in [0, 0.1) is 0 Å². The Balaban J connectivity index is 2.08. The zero-order chi connectivity index (χ0) is 15.0. The van der Waals surface area contributed by atoms with Crippen molar-refractivity contribution >= 4 is 23.3 Å². The van der Waals surface area contributed by atoms with Gasteiger partial charge in [-0.05, 0) is 32.2 Å². The lowest BCUT2D eigenvalue weighted by molar-refractivity contribution is -0.143. The van der Waals surface area contributed by atoms with Crippen LogP contribution in [0.1, 0.15) is 31.7 Å². The monoisotopic (exact) mass is 303 g/mol. The van der Waals surface area contributed by atoms with Crippen LogP contribution in [0.15, 0.2) is 41.2 Å². The first-order valence-electron chi connectivity index (χ1n) is 6.83. The number of rotatable bonds is 3. The summed E-state index contributed by atoms with van der Waals surface area (Å²) < 4.78 is 7.38. The second kappa shape index (κ2) is 5.37. The Morgan fingerprint density at radius 1 is 1.52 bits per heavy atom. The van der Waals surface area contributed by atoms with Gasteiger partial charge >= 0.3 is 5.97 Å². The molecular weight excluding hydrogens is 286 g/mol. The first-order chi connectivity index (χ1) is 10.1. The maximum Gasteiger partial charge on any atom is 0.338 e. The Bertz CT molecular complexity index is 686. The van der Waals surface area contributed by atoms with Gasteiger partial charge in [0, 0.05) is 23.0 Å². The van der Waals surface area contributed by atoms with Crippen molar-refractivity contribution in [3.05, 3.63) is 46.1 Å². The van der Waals surface area contributed by atoms with Crippen molar-refractivity contribution in [1.82, 2.24) is 9.55 Å². The summed E-state index contributed by atoms with van der Waals surface area (Å²) in [6.45, 7) is 5.59. The van der Waals surface area contributed by atoms with Crippen LogP contribution < -0.4 is 5.32 Å². The first-order valence-corrected chi connectivity index (χ1v) is 7.71. The van der Waals surface area contributed by atoms with Gasteiger partial charge in [-0.15, -0.1) is 11.3 Å². The van der Waals surface area contributed by atoms with E-state index in [1.807, 2.05) is 49.0 Å². The Kier molecular flexibility index (Phi) is 3.55. The lowest BCUT2D eigenvalue weighted by Crippen LogP contribution is -2.29. The van der Waals surface area contributed by atoms with Gasteiger partial charge in [0.05, 0.1) is 11.7 Å². The summed E-state index contributed by atoms with van der Waals surface area (Å²) >= 11 is 1.62. The van der Waals surface area contributed by atoms with Crippen molar-refractivity contribution < 1.29 is 9.53 Å². The van der Waals surface area contributed by atoms with Gasteiger partial charge in [-0.25, -0.2) is 9.78 Å². The van der Waals surface area contributed by atoms with Crippen molar-refractivity contribution in [2.75, 3.05) is 5.32 Å². The third-order valence-corrected chi connectivity index (χ3v) is 4.22. The summed E-state index contributed by atoms with van der Waals surface area (Å²) in [5, 5.41) is 5.18. The van der Waals surface area contributed by atoms with Crippen LogP contribution in [0.4, 0.5) is 5.95 Å². The highest BCUT2D eigenvalue weighted by molar-refractivity contribution is 7.10. The lowest BCUT2D eigenvalue weighted by atomic mass is 10.0. The molecule has 0 saturated heterocycles. The molecule has 1 atom stereocenters. The van der Waals surface area contributed by atoms with E-state index in [0.29, 0.717) is 5.57 Å². The molecule has 1 N–H and O–H groups in total. The summed E-state index contributed by atoms with van der Waals surface area (Å²) in [5.41, 5.74) is 1.43. The summed E-state index contributed by atoms with van der Waals surface area (Å²) in [7, 11) is 0. The van der Waals surface area contributed by atoms with E-state index in [1.54, 1.807) is 17.5 Å². The third kappa shape index (κ3) is 2.47. The van der Waals surface area contributed by atoms with Gasteiger partial charge in [-0.1, -0.05) is 6.07 Å². The van der Waals surface area contributed by atoms with E-state index in [1.165, 1.54) is 0 Å². The van der Waals surface area contributed by atoms with E-state index >= 15 is 0 Å². The predicted octanol–water partition coefficient (Wildman–Crippen LogP) is 3.19. The molecule has 0 spiro atoms. The quantitative estimate of drug-likeness (QED) is 0.885. The summed E-state index contributed by atoms with van der Waals surface area (Å²) in [6, 6.07) is 3.83. The highest BCUT2D eigenvalue weighted by Gasteiger charge is 2.33. The van der Waals surface area contributed by atoms with Gasteiger partial charge in [0.2, 0.25) is 5.95 Å². The number of hydrogen-bond donors (Lipinski definition) is 1. The molecule has 6 heteroatoms. The average Bonchev–Trinajstić information content (AvgIpc) is 3.06. The zero-order valence-corrected chi connectivity index (χ0v) is 13.0. The van der Waals surface area contributed by atoms with Gasteiger partial charge < -0.3 is 14.6 Å². The van der Waals surface area contributed by atoms with E-state index < -0.39 is 0 Å². The SMILES string of the molecule is CC1=C(C(=O)OC(C)C)C(c2cccs2)n2ccnc2N1. The number of imidazole rings is 1. The highest BCUT2D eigenvalue weighted by Crippen LogP contribution is 2.37. The van der Waals surface area contributed by atoms with Crippen LogP contribution in [0.5, 0.6) is 0 Å². The van der Waals surface area contributed by atoms with Crippen LogP contribution in [-0.2, 0) is 9.53 Å². The van der Waals surface area contributed by atoms with Crippen LogP contribution >= 0.6 is 11.3 Å². The molecule has 5 nitrogen and oxygen atoms in total. The van der Waals surface area contributed by atoms with Gasteiger partial charge in [0.15, 0.2) is 0 Å². The molecule has 1 aliphatic rings. The summed E-state index contributed by atoms with van der Waals surface area (Å²) in [6.07, 6.45) is 3.46. The van der Waals surface area contributed by atoms with Crippen molar-refractivity contribution in [1.29, 1.82) is 0 Å². The molecule has 0 bridgehead atoms. The standard InChI is InChI=1S/C15H17N3O2S/c1-9(2)20-14(19)12-10(3)17-15-16-6-7-18(15)13(12)11-5-4-8-21-11/h4-9,13H,1-3H3,(H,16,17). The molecule has 3 heterocycles. The number of anilines is 1. The molecule has 0 aliphatic carbocycles. The molecule has 0 saturated carbocycles. The second-order valence-corrected chi connectivity index (χ2v) is 6.17. The normalized spacial score (nSPS) is 17.6. The first kappa shape index (κ1) is 13.9. The Hall–Kier alpha value is -2.08. The number of nitrogens with zero attached hydrogens (tertiary/aromatic N) is 2. The number of nitrogens with one attached hydrogen (secondary N) is 1. The molecule has 3 rings (SSSR count). The molecule has 0 radical (unpaired) electrons. The van der Waals surface area contributed by atoms with Crippen LogP contribution in [0.2, 0.25) is 0 Å². The van der Waals surface area contributed by atoms with Gasteiger partial charge in [-0.2, -0.15) is 0 Å². The highest BCUT2D eigenvalue weighted by atomic mass is 32.1. The molecule has 21 heavy (non-hydrogen) atoms. The fraction of sp³-hybridized carbons (Fsp3) is 0.333. The lowest BCUT2D eigenvalue weighted by Gasteiger charge is -2.29. The smallest absolute Gasteiger partial charge is 0.338 e. The molecule has 0 amide bonds. The van der Waals surface area contributed by atoms with E-state index in [2.05, 4.69) is 10.3 Å². The van der Waals surface area contributed by atoms with E-state index in [9.17, 15) is 4.79 Å². The number of esters is 1. The molecule has 0 fully saturated rings. The van der Waals surface area contributed by atoms with E-state index in [4.69, 9.17) is 4.74 Å². The fourth-order valence-corrected chi connectivity index (χ4v) is 3.30. The number of carbonyl (C=O) groups excluding carboxylic acids is 1. The molecular formula is C15H17N3O2S. The number of aromatic nitrogens is 2. The predicted molar refractivity (Wildman–Crippen MR) is 82.2 cm³/mol. The maximum atomic E-state index is 12.5. The number of carbonyl (C=O) groups is 1. The third-order valence-electron chi connectivity index (χ3n) is 3.30. The minimum absolute atomic E-state index is 0.147. The van der Waals surface area contributed by atoms with Gasteiger partial charge in [0.1, 0.15) is 6.04 Å². The van der Waals surface area contributed by atoms with E-state index in [0.717, 1.165) is 16.5 Å². The molecule has 2 aromatic rings. The minimum Gasteiger partial charge on any atom is -0.459 e. The Morgan fingerprint density at radius 3 is 3.00 bits per heavy atom. The summed E-state index contributed by atoms with van der Waals surface area (Å²) in [4.78, 5) is 17.9. The number of fused-ring (bicyclic) bond motifs is 1. The fourth-order valence-electron chi connectivity index (χ4n) is 2.47. The van der Waals surface area contributed by atoms with Crippen LogP contribution in [0.25, 0.3) is 0 Å². The van der Waals surface area contributed by atoms with Gasteiger partial charge in [0.25, 0.3) is 0 Å². The summed E-state index contributed by atoms with van der Waals surface area (Å²) in [5.74, 6) is 0.458. The Labute approximate surface area is 127 Å². The number of thiophene rings is 1. The molecule has 0 aromatic carbocycles. The topological polar surface area (TPSA) is 56.2 Å². The maximum absolute atomic E-state index is 12.5. The molecule has 1 unspecified atom stereocenters. The molecule has 110 valence electrons. The number of hydrogen-bond acceptors (Lipinski definition) is 5. The number of ether oxygens (including phenoxy) is 1. The van der Waals surface area contributed by atoms with Gasteiger partial charge in [-0.3, -0.25) is 0 Å². The average molecular weight is 303 g/mol. The van der Waals surface area contributed by atoms with Crippen molar-refractivity contribution in [3.63, 3.8) is 0 Å². The van der Waals surface area contributed by atoms with Crippen LogP contribution in [-0.4, -0.2) is 21.6 Å². The largest absolute Gasteiger partial charge is 0.459 e.